The van der Waals surface area contributed by atoms with Crippen LogP contribution in [0.25, 0.3) is 16.9 Å². The van der Waals surface area contributed by atoms with Crippen LogP contribution >= 0.6 is 11.6 Å². The van der Waals surface area contributed by atoms with E-state index in [2.05, 4.69) is 10.2 Å². The van der Waals surface area contributed by atoms with E-state index in [0.717, 1.165) is 24.3 Å². The SMILES string of the molecule is Cn1nc(C(F)(F)C(F)(F)F)c(C(F)(F)F)c1-n1cc(-c2ccc(Cl)c(C(=O)N(COC(=O)OCC(C)(C)C)C3(C#N)CC3)c2)cn1. The van der Waals surface area contributed by atoms with Crippen LogP contribution in [-0.4, -0.2) is 61.6 Å². The van der Waals surface area contributed by atoms with Gasteiger partial charge in [-0.05, 0) is 36.0 Å². The van der Waals surface area contributed by atoms with E-state index in [1.165, 1.54) is 18.2 Å². The molecule has 0 bridgehead atoms. The summed E-state index contributed by atoms with van der Waals surface area (Å²) in [6.45, 7) is 4.73. The maximum atomic E-state index is 14.1. The highest BCUT2D eigenvalue weighted by Gasteiger charge is 2.64. The molecule has 0 unspecified atom stereocenters. The van der Waals surface area contributed by atoms with E-state index < -0.39 is 59.7 Å². The standard InChI is InChI=1S/C28H25ClF8N6O4/c1-24(2,3)13-46-23(45)47-14-42(25(12-38)7-8-25)22(44)17-9-15(5-6-18(17)29)16-10-39-43(11-16)21-19(27(32,33)34)20(40-41(21)4)26(30,31)28(35,36)37/h5-6,9-11H,7-8,13-14H2,1-4H3. The lowest BCUT2D eigenvalue weighted by Gasteiger charge is -2.27. The highest BCUT2D eigenvalue weighted by molar-refractivity contribution is 6.34. The van der Waals surface area contributed by atoms with E-state index in [4.69, 9.17) is 21.1 Å². The number of aromatic nitrogens is 4. The number of nitrogens with zero attached hydrogens (tertiary/aromatic N) is 6. The second kappa shape index (κ2) is 12.0. The fraction of sp³-hybridized carbons (Fsp3) is 0.464. The second-order valence-corrected chi connectivity index (χ2v) is 12.3. The van der Waals surface area contributed by atoms with Crippen LogP contribution < -0.4 is 0 Å². The van der Waals surface area contributed by atoms with E-state index in [-0.39, 0.29) is 51.3 Å². The molecule has 1 fully saturated rings. The number of hydrogen-bond acceptors (Lipinski definition) is 7. The number of carbonyl (C=O) groups is 2. The topological polar surface area (TPSA) is 115 Å². The molecule has 3 aromatic rings. The second-order valence-electron chi connectivity index (χ2n) is 11.9. The van der Waals surface area contributed by atoms with Crippen LogP contribution in [0.1, 0.15) is 55.2 Å². The van der Waals surface area contributed by atoms with Gasteiger partial charge in [-0.15, -0.1) is 0 Å². The summed E-state index contributed by atoms with van der Waals surface area (Å²) in [4.78, 5) is 26.8. The number of alkyl halides is 8. The molecule has 2 aromatic heterocycles. The molecule has 1 aliphatic carbocycles. The van der Waals surface area contributed by atoms with Crippen molar-refractivity contribution in [3.8, 4) is 23.0 Å². The van der Waals surface area contributed by atoms with Crippen molar-refractivity contribution < 1.29 is 54.2 Å². The third-order valence-electron chi connectivity index (χ3n) is 6.91. The molecule has 0 spiro atoms. The van der Waals surface area contributed by atoms with Gasteiger partial charge in [0.15, 0.2) is 18.2 Å². The van der Waals surface area contributed by atoms with Gasteiger partial charge in [-0.2, -0.15) is 50.6 Å². The normalized spacial score (nSPS) is 14.8. The highest BCUT2D eigenvalue weighted by Crippen LogP contribution is 2.49. The lowest BCUT2D eigenvalue weighted by molar-refractivity contribution is -0.292. The molecule has 0 radical (unpaired) electrons. The molecule has 0 N–H and O–H groups in total. The Labute approximate surface area is 266 Å². The van der Waals surface area contributed by atoms with Crippen molar-refractivity contribution in [3.63, 3.8) is 0 Å². The fourth-order valence-electron chi connectivity index (χ4n) is 4.37. The molecule has 0 aliphatic heterocycles. The molecule has 19 heteroatoms. The van der Waals surface area contributed by atoms with Gasteiger partial charge in [-0.25, -0.2) is 14.2 Å². The minimum absolute atomic E-state index is 0.0000800. The number of aryl methyl sites for hydroxylation is 1. The number of hydrogen-bond donors (Lipinski definition) is 0. The molecule has 0 atom stereocenters. The number of benzene rings is 1. The minimum Gasteiger partial charge on any atom is -0.434 e. The summed E-state index contributed by atoms with van der Waals surface area (Å²) in [6, 6.07) is 5.78. The monoisotopic (exact) mass is 696 g/mol. The molecule has 1 amide bonds. The van der Waals surface area contributed by atoms with E-state index in [1.807, 2.05) is 6.07 Å². The minimum atomic E-state index is -6.38. The first-order valence-corrected chi connectivity index (χ1v) is 13.9. The van der Waals surface area contributed by atoms with E-state index in [9.17, 15) is 50.0 Å². The lowest BCUT2D eigenvalue weighted by Crippen LogP contribution is -2.43. The number of nitriles is 1. The summed E-state index contributed by atoms with van der Waals surface area (Å²) in [5, 5.41) is 16.2. The van der Waals surface area contributed by atoms with Gasteiger partial charge in [-0.1, -0.05) is 38.4 Å². The first-order valence-electron chi connectivity index (χ1n) is 13.5. The third-order valence-corrected chi connectivity index (χ3v) is 7.24. The first-order chi connectivity index (χ1) is 21.5. The summed E-state index contributed by atoms with van der Waals surface area (Å²) in [5.74, 6) is -8.03. The summed E-state index contributed by atoms with van der Waals surface area (Å²) < 4.78 is 120. The number of ether oxygens (including phenoxy) is 2. The summed E-state index contributed by atoms with van der Waals surface area (Å²) in [6.07, 6.45) is -10.8. The Morgan fingerprint density at radius 3 is 2.23 bits per heavy atom. The number of halogens is 9. The molecule has 1 saturated carbocycles. The fourth-order valence-corrected chi connectivity index (χ4v) is 4.56. The van der Waals surface area contributed by atoms with Gasteiger partial charge in [0, 0.05) is 18.8 Å². The van der Waals surface area contributed by atoms with Gasteiger partial charge in [0.2, 0.25) is 0 Å². The van der Waals surface area contributed by atoms with Crippen LogP contribution in [0.5, 0.6) is 0 Å². The molecule has 4 rings (SSSR count). The van der Waals surface area contributed by atoms with Gasteiger partial charge in [0.1, 0.15) is 11.1 Å². The van der Waals surface area contributed by atoms with Crippen molar-refractivity contribution in [1.29, 1.82) is 5.26 Å². The Kier molecular flexibility index (Phi) is 9.05. The van der Waals surface area contributed by atoms with Gasteiger partial charge in [-0.3, -0.25) is 9.69 Å². The molecular formula is C28H25ClF8N6O4. The van der Waals surface area contributed by atoms with E-state index in [0.29, 0.717) is 4.68 Å². The van der Waals surface area contributed by atoms with Crippen LogP contribution in [0.4, 0.5) is 39.9 Å². The first kappa shape index (κ1) is 35.5. The average molecular weight is 697 g/mol. The van der Waals surface area contributed by atoms with E-state index in [1.54, 1.807) is 20.8 Å². The van der Waals surface area contributed by atoms with Crippen LogP contribution in [0.2, 0.25) is 5.02 Å². The molecule has 1 aliphatic rings. The smallest absolute Gasteiger partial charge is 0.434 e. The van der Waals surface area contributed by atoms with Crippen LogP contribution in [-0.2, 0) is 28.6 Å². The largest absolute Gasteiger partial charge is 0.510 e. The van der Waals surface area contributed by atoms with Crippen molar-refractivity contribution in [3.05, 3.63) is 52.4 Å². The van der Waals surface area contributed by atoms with Crippen molar-refractivity contribution in [2.75, 3.05) is 13.3 Å². The Morgan fingerprint density at radius 2 is 1.70 bits per heavy atom. The van der Waals surface area contributed by atoms with Crippen molar-refractivity contribution in [2.45, 2.75) is 57.4 Å². The van der Waals surface area contributed by atoms with Gasteiger partial charge in [0.05, 0.1) is 29.5 Å². The molecule has 0 saturated heterocycles. The highest BCUT2D eigenvalue weighted by atomic mass is 35.5. The molecular weight excluding hydrogens is 672 g/mol. The summed E-state index contributed by atoms with van der Waals surface area (Å²) in [5.41, 5.74) is -6.74. The van der Waals surface area contributed by atoms with Crippen LogP contribution in [0, 0.1) is 16.7 Å². The van der Waals surface area contributed by atoms with E-state index >= 15 is 0 Å². The van der Waals surface area contributed by atoms with Gasteiger partial charge < -0.3 is 9.47 Å². The zero-order chi connectivity index (χ0) is 35.3. The predicted molar refractivity (Wildman–Crippen MR) is 146 cm³/mol. The van der Waals surface area contributed by atoms with Gasteiger partial charge >= 0.3 is 24.4 Å². The number of carbonyl (C=O) groups excluding carboxylic acids is 2. The summed E-state index contributed by atoms with van der Waals surface area (Å²) in [7, 11) is 0.736. The molecule has 254 valence electrons. The van der Waals surface area contributed by atoms with Gasteiger partial charge in [0.25, 0.3) is 5.91 Å². The Bertz CT molecular complexity index is 1730. The van der Waals surface area contributed by atoms with Crippen LogP contribution in [0.3, 0.4) is 0 Å². The maximum absolute atomic E-state index is 14.1. The third kappa shape index (κ3) is 7.14. The van der Waals surface area contributed by atoms with Crippen molar-refractivity contribution in [2.24, 2.45) is 12.5 Å². The lowest BCUT2D eigenvalue weighted by atomic mass is 9.99. The molecule has 47 heavy (non-hydrogen) atoms. The number of amides is 1. The van der Waals surface area contributed by atoms with Crippen molar-refractivity contribution >= 4 is 23.7 Å². The zero-order valence-corrected chi connectivity index (χ0v) is 25.7. The Balaban J connectivity index is 1.69. The quantitative estimate of drug-likeness (QED) is 0.138. The Morgan fingerprint density at radius 1 is 1.06 bits per heavy atom. The summed E-state index contributed by atoms with van der Waals surface area (Å²) >= 11 is 6.29. The van der Waals surface area contributed by atoms with Crippen LogP contribution in [0.15, 0.2) is 30.6 Å². The molecule has 1 aromatic carbocycles. The Hall–Kier alpha value is -4.40. The molecule has 2 heterocycles. The predicted octanol–water partition coefficient (Wildman–Crippen LogP) is 7.25. The zero-order valence-electron chi connectivity index (χ0n) is 24.9. The molecule has 10 nitrogen and oxygen atoms in total. The maximum Gasteiger partial charge on any atom is 0.510 e. The number of rotatable bonds is 8. The average Bonchev–Trinajstić information content (AvgIpc) is 3.42. The van der Waals surface area contributed by atoms with Crippen molar-refractivity contribution in [1.82, 2.24) is 24.5 Å².